The maximum atomic E-state index is 12.8. The monoisotopic (exact) mass is 298 g/mol. The van der Waals surface area contributed by atoms with Gasteiger partial charge >= 0.3 is 0 Å². The number of benzene rings is 3. The molecule has 0 aliphatic carbocycles. The van der Waals surface area contributed by atoms with Crippen LogP contribution in [0.5, 0.6) is 0 Å². The average Bonchev–Trinajstić information content (AvgIpc) is 2.95. The molecule has 0 spiro atoms. The lowest BCUT2D eigenvalue weighted by atomic mass is 9.48. The van der Waals surface area contributed by atoms with E-state index in [1.165, 1.54) is 23.8 Å². The lowest BCUT2D eigenvalue weighted by Crippen LogP contribution is -2.23. The summed E-state index contributed by atoms with van der Waals surface area (Å²) in [6.07, 6.45) is 2.89. The second-order valence-corrected chi connectivity index (χ2v) is 6.60. The van der Waals surface area contributed by atoms with Crippen molar-refractivity contribution in [3.05, 3.63) is 77.4 Å². The van der Waals surface area contributed by atoms with Crippen molar-refractivity contribution in [1.29, 1.82) is 0 Å². The Morgan fingerprint density at radius 2 is 1.87 bits per heavy atom. The molecule has 1 nitrogen and oxygen atoms in total. The predicted molar refractivity (Wildman–Crippen MR) is 98.2 cm³/mol. The highest BCUT2D eigenvalue weighted by molar-refractivity contribution is 6.73. The van der Waals surface area contributed by atoms with Crippen LogP contribution in [0.15, 0.2) is 60.7 Å². The van der Waals surface area contributed by atoms with Crippen molar-refractivity contribution < 1.29 is 4.79 Å². The molecule has 2 heteroatoms. The third-order valence-corrected chi connectivity index (χ3v) is 5.04. The summed E-state index contributed by atoms with van der Waals surface area (Å²) in [7, 11) is 0. The van der Waals surface area contributed by atoms with E-state index in [1.807, 2.05) is 30.3 Å². The van der Waals surface area contributed by atoms with Gasteiger partial charge in [0, 0.05) is 12.0 Å². The molecule has 3 aromatic carbocycles. The topological polar surface area (TPSA) is 17.1 Å². The van der Waals surface area contributed by atoms with Gasteiger partial charge < -0.3 is 0 Å². The van der Waals surface area contributed by atoms with Gasteiger partial charge in [0.1, 0.15) is 0 Å². The summed E-state index contributed by atoms with van der Waals surface area (Å²) < 4.78 is 0. The second kappa shape index (κ2) is 5.70. The lowest BCUT2D eigenvalue weighted by Gasteiger charge is -2.08. The molecule has 23 heavy (non-hydrogen) atoms. The maximum Gasteiger partial charge on any atom is 0.173 e. The van der Waals surface area contributed by atoms with E-state index in [1.54, 1.807) is 0 Å². The molecular weight excluding hydrogens is 279 g/mol. The van der Waals surface area contributed by atoms with Crippen molar-refractivity contribution in [3.8, 4) is 0 Å². The van der Waals surface area contributed by atoms with Gasteiger partial charge in [0.25, 0.3) is 0 Å². The summed E-state index contributed by atoms with van der Waals surface area (Å²) in [5.74, 6) is 0.201. The fraction of sp³-hybridized carbons (Fsp3) is 0.190. The average molecular weight is 298 g/mol. The number of rotatable bonds is 3. The van der Waals surface area contributed by atoms with Crippen molar-refractivity contribution in [2.75, 3.05) is 0 Å². The largest absolute Gasteiger partial charge is 0.294 e. The van der Waals surface area contributed by atoms with Crippen LogP contribution >= 0.6 is 0 Å². The van der Waals surface area contributed by atoms with Gasteiger partial charge in [-0.3, -0.25) is 4.79 Å². The van der Waals surface area contributed by atoms with Crippen LogP contribution in [-0.4, -0.2) is 12.5 Å². The Hall–Kier alpha value is -2.35. The zero-order valence-corrected chi connectivity index (χ0v) is 13.4. The van der Waals surface area contributed by atoms with Crippen molar-refractivity contribution >= 4 is 28.7 Å². The third kappa shape index (κ3) is 2.59. The number of hydrogen-bond acceptors (Lipinski definition) is 1. The molecule has 0 atom stereocenters. The van der Waals surface area contributed by atoms with Crippen molar-refractivity contribution in [2.24, 2.45) is 0 Å². The third-order valence-electron chi connectivity index (χ3n) is 5.04. The van der Waals surface area contributed by atoms with Crippen molar-refractivity contribution in [2.45, 2.75) is 26.0 Å². The predicted octanol–water partition coefficient (Wildman–Crippen LogP) is 4.15. The molecule has 0 fully saturated rings. The Balaban J connectivity index is 1.66. The van der Waals surface area contributed by atoms with Gasteiger partial charge in [-0.1, -0.05) is 84.8 Å². The van der Waals surface area contributed by atoms with E-state index in [4.69, 9.17) is 0 Å². The zero-order chi connectivity index (χ0) is 15.8. The minimum absolute atomic E-state index is 0.201. The number of hydrogen-bond donors (Lipinski definition) is 0. The molecule has 0 radical (unpaired) electrons. The number of aryl methyl sites for hydroxylation is 1. The zero-order valence-electron chi connectivity index (χ0n) is 13.4. The van der Waals surface area contributed by atoms with E-state index in [2.05, 4.69) is 37.2 Å². The van der Waals surface area contributed by atoms with E-state index in [0.717, 1.165) is 21.9 Å². The van der Waals surface area contributed by atoms with Crippen LogP contribution in [0.4, 0.5) is 0 Å². The highest BCUT2D eigenvalue weighted by Crippen LogP contribution is 2.21. The first kappa shape index (κ1) is 14.3. The van der Waals surface area contributed by atoms with Crippen LogP contribution in [-0.2, 0) is 12.8 Å². The summed E-state index contributed by atoms with van der Waals surface area (Å²) in [5.41, 5.74) is 4.86. The molecule has 0 aromatic heterocycles. The molecule has 3 aromatic rings. The van der Waals surface area contributed by atoms with Crippen LogP contribution < -0.4 is 5.46 Å². The van der Waals surface area contributed by atoms with Gasteiger partial charge in [0.15, 0.2) is 12.5 Å². The lowest BCUT2D eigenvalue weighted by molar-refractivity contribution is 0.0994. The van der Waals surface area contributed by atoms with E-state index in [0.29, 0.717) is 13.1 Å². The van der Waals surface area contributed by atoms with Crippen LogP contribution in [0.3, 0.4) is 0 Å². The van der Waals surface area contributed by atoms with E-state index >= 15 is 0 Å². The van der Waals surface area contributed by atoms with E-state index in [-0.39, 0.29) is 5.78 Å². The van der Waals surface area contributed by atoms with E-state index < -0.39 is 0 Å². The SMILES string of the molecule is CB1CCc2ccc(CC(=O)c3cccc4ccccc34)cc21. The summed E-state index contributed by atoms with van der Waals surface area (Å²) in [6, 6.07) is 20.7. The normalized spacial score (nSPS) is 13.3. The first-order chi connectivity index (χ1) is 11.2. The van der Waals surface area contributed by atoms with Gasteiger partial charge in [0.2, 0.25) is 0 Å². The quantitative estimate of drug-likeness (QED) is 0.524. The number of Topliss-reactive ketones (excluding diaryl/α,β-unsaturated/α-hetero) is 1. The first-order valence-electron chi connectivity index (χ1n) is 8.35. The standard InChI is InChI=1S/C21H19BO/c1-22-12-11-17-10-9-15(13-20(17)22)14-21(23)19-8-4-6-16-5-2-3-7-18(16)19/h2-10,13H,11-12,14H2,1H3. The number of carbonyl (C=O) groups excluding carboxylic acids is 1. The Bertz CT molecular complexity index is 892. The number of fused-ring (bicyclic) bond motifs is 2. The molecule has 0 saturated heterocycles. The van der Waals surface area contributed by atoms with Gasteiger partial charge in [-0.15, -0.1) is 0 Å². The molecule has 4 rings (SSSR count). The molecular formula is C21H19BO. The van der Waals surface area contributed by atoms with Crippen LogP contribution in [0, 0.1) is 0 Å². The molecule has 0 bridgehead atoms. The second-order valence-electron chi connectivity index (χ2n) is 6.60. The highest BCUT2D eigenvalue weighted by Gasteiger charge is 2.22. The first-order valence-corrected chi connectivity index (χ1v) is 8.35. The maximum absolute atomic E-state index is 12.8. The summed E-state index contributed by atoms with van der Waals surface area (Å²) in [5, 5.41) is 2.18. The molecule has 0 unspecified atom stereocenters. The Kier molecular flexibility index (Phi) is 3.53. The van der Waals surface area contributed by atoms with E-state index in [9.17, 15) is 4.79 Å². The van der Waals surface area contributed by atoms with Gasteiger partial charge in [-0.25, -0.2) is 0 Å². The fourth-order valence-corrected chi connectivity index (χ4v) is 3.72. The Morgan fingerprint density at radius 1 is 1.04 bits per heavy atom. The molecule has 0 saturated carbocycles. The minimum Gasteiger partial charge on any atom is -0.294 e. The Labute approximate surface area is 137 Å². The van der Waals surface area contributed by atoms with Gasteiger partial charge in [-0.2, -0.15) is 0 Å². The molecule has 0 amide bonds. The van der Waals surface area contributed by atoms with Crippen LogP contribution in [0.25, 0.3) is 10.8 Å². The number of carbonyl (C=O) groups is 1. The minimum atomic E-state index is 0.201. The molecule has 0 N–H and O–H groups in total. The molecule has 1 aliphatic rings. The van der Waals surface area contributed by atoms with Crippen molar-refractivity contribution in [3.63, 3.8) is 0 Å². The fourth-order valence-electron chi connectivity index (χ4n) is 3.72. The smallest absolute Gasteiger partial charge is 0.173 e. The molecule has 1 aliphatic heterocycles. The number of ketones is 1. The van der Waals surface area contributed by atoms with Gasteiger partial charge in [-0.05, 0) is 22.8 Å². The highest BCUT2D eigenvalue weighted by atomic mass is 16.1. The summed E-state index contributed by atoms with van der Waals surface area (Å²) >= 11 is 0. The Morgan fingerprint density at radius 3 is 2.78 bits per heavy atom. The molecule has 112 valence electrons. The van der Waals surface area contributed by atoms with Crippen molar-refractivity contribution in [1.82, 2.24) is 0 Å². The van der Waals surface area contributed by atoms with Crippen LogP contribution in [0.2, 0.25) is 13.1 Å². The summed E-state index contributed by atoms with van der Waals surface area (Å²) in [4.78, 5) is 12.8. The molecule has 1 heterocycles. The van der Waals surface area contributed by atoms with Crippen LogP contribution in [0.1, 0.15) is 21.5 Å². The summed E-state index contributed by atoms with van der Waals surface area (Å²) in [6.45, 7) is 2.90. The van der Waals surface area contributed by atoms with Gasteiger partial charge in [0.05, 0.1) is 0 Å².